The van der Waals surface area contributed by atoms with Crippen molar-refractivity contribution in [1.29, 1.82) is 0 Å². The van der Waals surface area contributed by atoms with Crippen molar-refractivity contribution in [2.45, 2.75) is 37.2 Å². The Morgan fingerprint density at radius 2 is 1.90 bits per heavy atom. The predicted octanol–water partition coefficient (Wildman–Crippen LogP) is 2.95. The number of para-hydroxylation sites is 2. The monoisotopic (exact) mass is 460 g/mol. The molecular weight excluding hydrogens is 432 g/mol. The molecule has 1 unspecified atom stereocenters. The first kappa shape index (κ1) is 23.3. The van der Waals surface area contributed by atoms with Gasteiger partial charge in [0.05, 0.1) is 22.3 Å². The molecule has 0 saturated carbocycles. The van der Waals surface area contributed by atoms with E-state index in [0.29, 0.717) is 31.7 Å². The zero-order chi connectivity index (χ0) is 22.3. The average molecular weight is 461 g/mol. The molecule has 7 nitrogen and oxygen atoms in total. The van der Waals surface area contributed by atoms with Crippen LogP contribution in [0.15, 0.2) is 59.8 Å². The Kier molecular flexibility index (Phi) is 8.11. The van der Waals surface area contributed by atoms with Crippen molar-refractivity contribution in [3.63, 3.8) is 0 Å². The fourth-order valence-corrected chi connectivity index (χ4v) is 4.93. The van der Waals surface area contributed by atoms with E-state index in [0.717, 1.165) is 16.6 Å². The number of hydrogen-bond acceptors (Lipinski definition) is 5. The highest BCUT2D eigenvalue weighted by molar-refractivity contribution is 7.98. The number of nitrogens with zero attached hydrogens (tertiary/aromatic N) is 2. The van der Waals surface area contributed by atoms with Crippen LogP contribution >= 0.6 is 11.8 Å². The molecular formula is C22H28N4O3S2. The Morgan fingerprint density at radius 3 is 2.65 bits per heavy atom. The largest absolute Gasteiger partial charge is 0.355 e. The molecule has 3 rings (SSSR count). The van der Waals surface area contributed by atoms with Crippen LogP contribution in [0.3, 0.4) is 0 Å². The zero-order valence-electron chi connectivity index (χ0n) is 17.7. The second-order valence-corrected chi connectivity index (χ2v) is 10.0. The summed E-state index contributed by atoms with van der Waals surface area (Å²) in [7, 11) is -3.77. The van der Waals surface area contributed by atoms with Crippen molar-refractivity contribution in [1.82, 2.24) is 19.6 Å². The van der Waals surface area contributed by atoms with Crippen molar-refractivity contribution in [3.05, 3.63) is 60.4 Å². The van der Waals surface area contributed by atoms with Crippen LogP contribution in [0.2, 0.25) is 0 Å². The maximum absolute atomic E-state index is 12.7. The Morgan fingerprint density at radius 1 is 1.16 bits per heavy atom. The molecule has 0 radical (unpaired) electrons. The Labute approximate surface area is 187 Å². The third-order valence-electron chi connectivity index (χ3n) is 4.96. The number of aryl methyl sites for hydroxylation is 2. The number of rotatable bonds is 11. The molecule has 1 amide bonds. The molecule has 31 heavy (non-hydrogen) atoms. The Hall–Kier alpha value is -2.36. The van der Waals surface area contributed by atoms with E-state index in [-0.39, 0.29) is 10.8 Å². The topological polar surface area (TPSA) is 93.1 Å². The maximum atomic E-state index is 12.7. The standard InChI is InChI=1S/C22H28N4O3S2/c1-17-8-10-18(11-9-17)31(28,29)25-20(12-15-30-2)22(27)23-13-5-14-26-16-24-19-6-3-4-7-21(19)26/h3-4,6-11,16,20,25H,5,12-15H2,1-2H3,(H,23,27). The van der Waals surface area contributed by atoms with Gasteiger partial charge < -0.3 is 9.88 Å². The number of carbonyl (C=O) groups excluding carboxylic acids is 1. The molecule has 2 aromatic carbocycles. The number of aromatic nitrogens is 2. The number of sulfonamides is 1. The minimum absolute atomic E-state index is 0.159. The third-order valence-corrected chi connectivity index (χ3v) is 7.09. The van der Waals surface area contributed by atoms with Gasteiger partial charge in [-0.3, -0.25) is 4.79 Å². The molecule has 166 valence electrons. The van der Waals surface area contributed by atoms with Gasteiger partial charge in [-0.25, -0.2) is 13.4 Å². The molecule has 0 fully saturated rings. The lowest BCUT2D eigenvalue weighted by molar-refractivity contribution is -0.122. The van der Waals surface area contributed by atoms with Crippen molar-refractivity contribution < 1.29 is 13.2 Å². The van der Waals surface area contributed by atoms with E-state index in [2.05, 4.69) is 15.0 Å². The number of imidazole rings is 1. The summed E-state index contributed by atoms with van der Waals surface area (Å²) in [5.74, 6) is 0.371. The van der Waals surface area contributed by atoms with E-state index >= 15 is 0 Å². The Balaban J connectivity index is 1.57. The number of amides is 1. The van der Waals surface area contributed by atoms with E-state index in [1.54, 1.807) is 42.4 Å². The maximum Gasteiger partial charge on any atom is 0.241 e. The lowest BCUT2D eigenvalue weighted by Gasteiger charge is -2.18. The molecule has 2 N–H and O–H groups in total. The van der Waals surface area contributed by atoms with Gasteiger partial charge in [-0.1, -0.05) is 29.8 Å². The van der Waals surface area contributed by atoms with Gasteiger partial charge in [0.25, 0.3) is 0 Å². The van der Waals surface area contributed by atoms with Crippen LogP contribution < -0.4 is 10.0 Å². The van der Waals surface area contributed by atoms with Gasteiger partial charge in [-0.05, 0) is 56.0 Å². The number of fused-ring (bicyclic) bond motifs is 1. The van der Waals surface area contributed by atoms with Gasteiger partial charge in [0.15, 0.2) is 0 Å². The fourth-order valence-electron chi connectivity index (χ4n) is 3.22. The summed E-state index contributed by atoms with van der Waals surface area (Å²) < 4.78 is 30.1. The third kappa shape index (κ3) is 6.32. The number of benzene rings is 2. The normalized spacial score (nSPS) is 12.7. The molecule has 0 spiro atoms. The Bertz CT molecular complexity index is 1110. The van der Waals surface area contributed by atoms with E-state index in [1.807, 2.05) is 42.0 Å². The highest BCUT2D eigenvalue weighted by atomic mass is 32.2. The molecule has 3 aromatic rings. The van der Waals surface area contributed by atoms with E-state index in [4.69, 9.17) is 0 Å². The van der Waals surface area contributed by atoms with E-state index in [9.17, 15) is 13.2 Å². The van der Waals surface area contributed by atoms with Crippen LogP contribution in [0.5, 0.6) is 0 Å². The average Bonchev–Trinajstić information content (AvgIpc) is 3.17. The van der Waals surface area contributed by atoms with Gasteiger partial charge in [0.2, 0.25) is 15.9 Å². The van der Waals surface area contributed by atoms with Crippen LogP contribution in [-0.2, 0) is 21.4 Å². The summed E-state index contributed by atoms with van der Waals surface area (Å²) in [5.41, 5.74) is 2.97. The second-order valence-electron chi connectivity index (χ2n) is 7.34. The van der Waals surface area contributed by atoms with Crippen LogP contribution in [0.4, 0.5) is 0 Å². The summed E-state index contributed by atoms with van der Waals surface area (Å²) in [5, 5.41) is 2.88. The fraction of sp³-hybridized carbons (Fsp3) is 0.364. The van der Waals surface area contributed by atoms with Gasteiger partial charge in [-0.2, -0.15) is 16.5 Å². The minimum Gasteiger partial charge on any atom is -0.355 e. The highest BCUT2D eigenvalue weighted by Gasteiger charge is 2.25. The highest BCUT2D eigenvalue weighted by Crippen LogP contribution is 2.13. The molecule has 0 aliphatic heterocycles. The predicted molar refractivity (Wildman–Crippen MR) is 126 cm³/mol. The number of nitrogens with one attached hydrogen (secondary N) is 2. The lowest BCUT2D eigenvalue weighted by Crippen LogP contribution is -2.47. The van der Waals surface area contributed by atoms with Crippen molar-refractivity contribution >= 4 is 38.7 Å². The summed E-state index contributed by atoms with van der Waals surface area (Å²) >= 11 is 1.57. The van der Waals surface area contributed by atoms with Gasteiger partial charge in [-0.15, -0.1) is 0 Å². The molecule has 0 bridgehead atoms. The summed E-state index contributed by atoms with van der Waals surface area (Å²) in [6, 6.07) is 13.7. The molecule has 1 atom stereocenters. The van der Waals surface area contributed by atoms with Gasteiger partial charge >= 0.3 is 0 Å². The molecule has 1 aromatic heterocycles. The van der Waals surface area contributed by atoms with Gasteiger partial charge in [0, 0.05) is 13.1 Å². The van der Waals surface area contributed by atoms with Gasteiger partial charge in [0.1, 0.15) is 6.04 Å². The number of hydrogen-bond donors (Lipinski definition) is 2. The molecule has 0 aliphatic carbocycles. The summed E-state index contributed by atoms with van der Waals surface area (Å²) in [6.07, 6.45) is 4.86. The minimum atomic E-state index is -3.77. The summed E-state index contributed by atoms with van der Waals surface area (Å²) in [6.45, 7) is 3.06. The zero-order valence-corrected chi connectivity index (χ0v) is 19.4. The molecule has 1 heterocycles. The molecule has 0 aliphatic rings. The second kappa shape index (κ2) is 10.8. The number of thioether (sulfide) groups is 1. The first-order valence-electron chi connectivity index (χ1n) is 10.2. The van der Waals surface area contributed by atoms with Crippen LogP contribution in [0.1, 0.15) is 18.4 Å². The lowest BCUT2D eigenvalue weighted by atomic mass is 10.2. The first-order valence-corrected chi connectivity index (χ1v) is 13.0. The first-order chi connectivity index (χ1) is 14.9. The molecule has 9 heteroatoms. The molecule has 0 saturated heterocycles. The van der Waals surface area contributed by atoms with E-state index in [1.165, 1.54) is 0 Å². The SMILES string of the molecule is CSCCC(NS(=O)(=O)c1ccc(C)cc1)C(=O)NCCCn1cnc2ccccc21. The smallest absolute Gasteiger partial charge is 0.241 e. The quantitative estimate of drug-likeness (QED) is 0.429. The number of carbonyl (C=O) groups is 1. The van der Waals surface area contributed by atoms with Crippen LogP contribution in [-0.4, -0.2) is 48.5 Å². The van der Waals surface area contributed by atoms with Crippen molar-refractivity contribution in [3.8, 4) is 0 Å². The summed E-state index contributed by atoms with van der Waals surface area (Å²) in [4.78, 5) is 17.2. The van der Waals surface area contributed by atoms with Crippen LogP contribution in [0.25, 0.3) is 11.0 Å². The van der Waals surface area contributed by atoms with Crippen LogP contribution in [0, 0.1) is 6.92 Å². The van der Waals surface area contributed by atoms with Crippen molar-refractivity contribution in [2.75, 3.05) is 18.6 Å². The van der Waals surface area contributed by atoms with E-state index < -0.39 is 16.1 Å². The van der Waals surface area contributed by atoms with Crippen molar-refractivity contribution in [2.24, 2.45) is 0 Å².